The lowest BCUT2D eigenvalue weighted by Crippen LogP contribution is -2.65. The van der Waals surface area contributed by atoms with Gasteiger partial charge >= 0.3 is 0 Å². The summed E-state index contributed by atoms with van der Waals surface area (Å²) in [5.41, 5.74) is 0. The monoisotopic (exact) mass is 410 g/mol. The third-order valence-electron chi connectivity index (χ3n) is 7.12. The lowest BCUT2D eigenvalue weighted by molar-refractivity contribution is -0.152. The quantitative estimate of drug-likeness (QED) is 0.759. The van der Waals surface area contributed by atoms with E-state index in [1.165, 1.54) is 0 Å². The summed E-state index contributed by atoms with van der Waals surface area (Å²) in [6.45, 7) is 4.14. The van der Waals surface area contributed by atoms with Crippen molar-refractivity contribution in [3.8, 4) is 0 Å². The van der Waals surface area contributed by atoms with E-state index < -0.39 is 0 Å². The molecule has 2 amide bonds. The molecule has 7 nitrogen and oxygen atoms in total. The Hall–Kier alpha value is -2.57. The van der Waals surface area contributed by atoms with Gasteiger partial charge in [0.1, 0.15) is 5.76 Å². The van der Waals surface area contributed by atoms with E-state index in [9.17, 15) is 9.59 Å². The van der Waals surface area contributed by atoms with Crippen LogP contribution in [0.4, 0.5) is 0 Å². The molecule has 3 saturated heterocycles. The predicted octanol–water partition coefficient (Wildman–Crippen LogP) is 3.17. The van der Waals surface area contributed by atoms with Gasteiger partial charge in [0, 0.05) is 44.0 Å². The van der Waals surface area contributed by atoms with Gasteiger partial charge in [0.15, 0.2) is 5.76 Å². The molecule has 0 unspecified atom stereocenters. The molecule has 4 atom stereocenters. The van der Waals surface area contributed by atoms with Crippen LogP contribution in [0, 0.1) is 11.8 Å². The Bertz CT molecular complexity index is 905. The fraction of sp³-hybridized carbons (Fsp3) is 0.609. The lowest BCUT2D eigenvalue weighted by atomic mass is 9.71. The summed E-state index contributed by atoms with van der Waals surface area (Å²) in [5.74, 6) is 2.18. The first kappa shape index (κ1) is 19.4. The van der Waals surface area contributed by atoms with Crippen molar-refractivity contribution in [3.05, 3.63) is 42.1 Å². The van der Waals surface area contributed by atoms with Gasteiger partial charge in [-0.15, -0.1) is 0 Å². The van der Waals surface area contributed by atoms with Crippen molar-refractivity contribution in [1.82, 2.24) is 19.6 Å². The van der Waals surface area contributed by atoms with Gasteiger partial charge in [-0.3, -0.25) is 14.3 Å². The van der Waals surface area contributed by atoms with Crippen LogP contribution in [0.3, 0.4) is 0 Å². The highest BCUT2D eigenvalue weighted by atomic mass is 16.4. The molecule has 3 fully saturated rings. The maximum atomic E-state index is 13.3. The molecule has 0 aromatic carbocycles. The van der Waals surface area contributed by atoms with Crippen LogP contribution in [0.2, 0.25) is 0 Å². The predicted molar refractivity (Wildman–Crippen MR) is 111 cm³/mol. The summed E-state index contributed by atoms with van der Waals surface area (Å²) in [6.07, 6.45) is 9.55. The minimum Gasteiger partial charge on any atom is -0.454 e. The summed E-state index contributed by atoms with van der Waals surface area (Å²) >= 11 is 0. The van der Waals surface area contributed by atoms with E-state index in [0.717, 1.165) is 44.4 Å². The van der Waals surface area contributed by atoms with Gasteiger partial charge in [-0.2, -0.15) is 5.10 Å². The van der Waals surface area contributed by atoms with Gasteiger partial charge in [0.05, 0.1) is 6.54 Å². The highest BCUT2D eigenvalue weighted by Gasteiger charge is 2.49. The zero-order valence-electron chi connectivity index (χ0n) is 17.6. The summed E-state index contributed by atoms with van der Waals surface area (Å²) in [5, 5.41) is 4.19. The zero-order valence-corrected chi connectivity index (χ0v) is 17.6. The van der Waals surface area contributed by atoms with Crippen molar-refractivity contribution in [1.29, 1.82) is 0 Å². The molecular formula is C23H30N4O3. The molecule has 0 saturated carbocycles. The molecule has 0 spiro atoms. The number of likely N-dealkylation sites (tertiary alicyclic amines) is 1. The van der Waals surface area contributed by atoms with Crippen molar-refractivity contribution in [3.63, 3.8) is 0 Å². The molecule has 5 heterocycles. The van der Waals surface area contributed by atoms with E-state index in [2.05, 4.69) is 16.9 Å². The Labute approximate surface area is 177 Å². The minimum absolute atomic E-state index is 0.0257. The molecule has 0 N–H and O–H groups in total. The maximum absolute atomic E-state index is 13.3. The van der Waals surface area contributed by atoms with E-state index in [0.29, 0.717) is 49.1 Å². The Morgan fingerprint density at radius 3 is 2.93 bits per heavy atom. The van der Waals surface area contributed by atoms with E-state index in [1.807, 2.05) is 23.2 Å². The molecule has 0 aliphatic carbocycles. The molecule has 3 aliphatic rings. The summed E-state index contributed by atoms with van der Waals surface area (Å²) < 4.78 is 7.66. The number of rotatable bonds is 5. The number of nitrogens with zero attached hydrogens (tertiary/aromatic N) is 4. The molecule has 0 radical (unpaired) electrons. The van der Waals surface area contributed by atoms with E-state index in [1.54, 1.807) is 16.9 Å². The minimum atomic E-state index is -0.0257. The van der Waals surface area contributed by atoms with Crippen LogP contribution in [0.1, 0.15) is 61.8 Å². The Morgan fingerprint density at radius 1 is 1.27 bits per heavy atom. The number of carbonyl (C=O) groups excluding carboxylic acids is 2. The van der Waals surface area contributed by atoms with Crippen LogP contribution in [0.15, 0.2) is 35.0 Å². The standard InChI is InChI=1S/C23H30N4O3/c1-2-5-19-16-12-17(20-6-3-7-22(28)27(19)20)14-25(13-16)23(29)21-9-8-18(30-21)15-26-11-4-10-24-26/h4,8-11,16-17,19-20H,2-3,5-7,12-15H2,1H3/t16-,17+,19-,20-/m0/s1. The van der Waals surface area contributed by atoms with Gasteiger partial charge < -0.3 is 14.2 Å². The van der Waals surface area contributed by atoms with Crippen molar-refractivity contribution in [2.75, 3.05) is 13.1 Å². The topological polar surface area (TPSA) is 71.6 Å². The average Bonchev–Trinajstić information content (AvgIpc) is 3.43. The highest BCUT2D eigenvalue weighted by Crippen LogP contribution is 2.43. The second-order valence-electron chi connectivity index (χ2n) is 9.05. The molecule has 160 valence electrons. The fourth-order valence-corrected chi connectivity index (χ4v) is 5.90. The second-order valence-corrected chi connectivity index (χ2v) is 9.05. The smallest absolute Gasteiger partial charge is 0.289 e. The Morgan fingerprint density at radius 2 is 2.13 bits per heavy atom. The largest absolute Gasteiger partial charge is 0.454 e. The van der Waals surface area contributed by atoms with E-state index in [-0.39, 0.29) is 11.9 Å². The first-order chi connectivity index (χ1) is 14.6. The normalized spacial score (nSPS) is 28.5. The van der Waals surface area contributed by atoms with Crippen LogP contribution in [-0.2, 0) is 11.3 Å². The van der Waals surface area contributed by atoms with Gasteiger partial charge in [-0.05, 0) is 55.7 Å². The summed E-state index contributed by atoms with van der Waals surface area (Å²) in [4.78, 5) is 30.2. The van der Waals surface area contributed by atoms with Crippen molar-refractivity contribution in [2.45, 2.75) is 64.1 Å². The summed E-state index contributed by atoms with van der Waals surface area (Å²) in [7, 11) is 0. The van der Waals surface area contributed by atoms with Gasteiger partial charge in [-0.1, -0.05) is 13.3 Å². The number of amides is 2. The van der Waals surface area contributed by atoms with Crippen LogP contribution in [-0.4, -0.2) is 56.6 Å². The molecular weight excluding hydrogens is 380 g/mol. The van der Waals surface area contributed by atoms with Crippen LogP contribution < -0.4 is 0 Å². The second kappa shape index (κ2) is 7.93. The van der Waals surface area contributed by atoms with E-state index >= 15 is 0 Å². The lowest BCUT2D eigenvalue weighted by Gasteiger charge is -2.56. The molecule has 2 aromatic rings. The van der Waals surface area contributed by atoms with Crippen LogP contribution in [0.5, 0.6) is 0 Å². The number of hydrogen-bond donors (Lipinski definition) is 0. The van der Waals surface area contributed by atoms with Gasteiger partial charge in [0.25, 0.3) is 5.91 Å². The number of carbonyl (C=O) groups is 2. The van der Waals surface area contributed by atoms with Gasteiger partial charge in [0.2, 0.25) is 5.91 Å². The summed E-state index contributed by atoms with van der Waals surface area (Å²) in [6, 6.07) is 6.08. The van der Waals surface area contributed by atoms with E-state index in [4.69, 9.17) is 4.42 Å². The third kappa shape index (κ3) is 3.44. The van der Waals surface area contributed by atoms with Crippen molar-refractivity contribution in [2.24, 2.45) is 11.8 Å². The molecule has 2 bridgehead atoms. The number of piperidine rings is 3. The third-order valence-corrected chi connectivity index (χ3v) is 7.12. The first-order valence-electron chi connectivity index (χ1n) is 11.3. The van der Waals surface area contributed by atoms with Gasteiger partial charge in [-0.25, -0.2) is 0 Å². The number of hydrogen-bond acceptors (Lipinski definition) is 4. The maximum Gasteiger partial charge on any atom is 0.289 e. The zero-order chi connectivity index (χ0) is 20.7. The number of furan rings is 1. The molecule has 2 aromatic heterocycles. The molecule has 7 heteroatoms. The molecule has 30 heavy (non-hydrogen) atoms. The van der Waals surface area contributed by atoms with Crippen molar-refractivity contribution >= 4 is 11.8 Å². The highest BCUT2D eigenvalue weighted by molar-refractivity contribution is 5.91. The Kier molecular flexibility index (Phi) is 5.13. The van der Waals surface area contributed by atoms with Crippen molar-refractivity contribution < 1.29 is 14.0 Å². The number of aromatic nitrogens is 2. The Balaban J connectivity index is 1.33. The number of fused-ring (bicyclic) bond motifs is 4. The fourth-order valence-electron chi connectivity index (χ4n) is 5.90. The molecule has 5 rings (SSSR count). The van der Waals surface area contributed by atoms with Crippen LogP contribution >= 0.6 is 0 Å². The first-order valence-corrected chi connectivity index (χ1v) is 11.3. The molecule has 3 aliphatic heterocycles. The average molecular weight is 411 g/mol. The SMILES string of the molecule is CCC[C@H]1[C@H]2C[C@H](CN(C(=O)c3ccc(Cn4cccn4)o3)C2)[C@@H]2CCCC(=O)N21. The van der Waals surface area contributed by atoms with Crippen LogP contribution in [0.25, 0.3) is 0 Å².